The zero-order chi connectivity index (χ0) is 19.6. The number of hydrogen-bond donors (Lipinski definition) is 1. The van der Waals surface area contributed by atoms with Gasteiger partial charge in [-0.15, -0.1) is 0 Å². The van der Waals surface area contributed by atoms with Crippen molar-refractivity contribution in [1.29, 1.82) is 0 Å². The van der Waals surface area contributed by atoms with Crippen molar-refractivity contribution >= 4 is 28.5 Å². The predicted octanol–water partition coefficient (Wildman–Crippen LogP) is 2.19. The number of hydrogen-bond acceptors (Lipinski definition) is 4. The second kappa shape index (κ2) is 5.91. The van der Waals surface area contributed by atoms with Gasteiger partial charge in [-0.05, 0) is 39.0 Å². The summed E-state index contributed by atoms with van der Waals surface area (Å²) in [4.78, 5) is 32.4. The van der Waals surface area contributed by atoms with Gasteiger partial charge in [-0.2, -0.15) is 0 Å². The Morgan fingerprint density at radius 2 is 2.25 bits per heavy atom. The zero-order valence-electron chi connectivity index (χ0n) is 16.3. The Morgan fingerprint density at radius 3 is 3.00 bits per heavy atom. The molecule has 7 heteroatoms. The molecule has 3 aliphatic heterocycles. The summed E-state index contributed by atoms with van der Waals surface area (Å²) in [5, 5.41) is 2.99. The Hall–Kier alpha value is -2.67. The molecule has 2 aromatic rings. The Morgan fingerprint density at radius 1 is 1.43 bits per heavy atom. The van der Waals surface area contributed by atoms with E-state index in [2.05, 4.69) is 21.8 Å². The molecule has 2 bridgehead atoms. The molecule has 2 fully saturated rings. The number of carbonyl (C=O) groups is 2. The van der Waals surface area contributed by atoms with Crippen LogP contribution < -0.4 is 5.32 Å². The van der Waals surface area contributed by atoms with Crippen molar-refractivity contribution in [2.45, 2.75) is 45.1 Å². The Bertz CT molecular complexity index is 1010. The number of anilines is 1. The van der Waals surface area contributed by atoms with E-state index in [1.165, 1.54) is 0 Å². The highest BCUT2D eigenvalue weighted by atomic mass is 16.5. The van der Waals surface area contributed by atoms with Crippen LogP contribution in [0.25, 0.3) is 11.0 Å². The van der Waals surface area contributed by atoms with Gasteiger partial charge in [0.1, 0.15) is 5.60 Å². The number of likely N-dealkylation sites (tertiary alicyclic amines) is 1. The molecule has 3 aliphatic rings. The van der Waals surface area contributed by atoms with Crippen molar-refractivity contribution in [3.8, 4) is 0 Å². The number of rotatable bonds is 4. The minimum atomic E-state index is -0.655. The fourth-order valence-corrected chi connectivity index (χ4v) is 4.88. The lowest BCUT2D eigenvalue weighted by molar-refractivity contribution is -0.136. The molecule has 1 aromatic heterocycles. The highest BCUT2D eigenvalue weighted by Gasteiger charge is 2.67. The van der Waals surface area contributed by atoms with Gasteiger partial charge in [0.25, 0.3) is 0 Å². The molecule has 4 heterocycles. The summed E-state index contributed by atoms with van der Waals surface area (Å²) in [5.41, 5.74) is 1.90. The molecular formula is C21H24N4O3. The van der Waals surface area contributed by atoms with Crippen LogP contribution in [0.4, 0.5) is 5.69 Å². The predicted molar refractivity (Wildman–Crippen MR) is 105 cm³/mol. The molecule has 1 aromatic carbocycles. The maximum absolute atomic E-state index is 13.1. The number of benzene rings is 1. The van der Waals surface area contributed by atoms with Crippen LogP contribution in [-0.2, 0) is 20.9 Å². The van der Waals surface area contributed by atoms with Gasteiger partial charge in [0.15, 0.2) is 0 Å². The van der Waals surface area contributed by atoms with Crippen LogP contribution in [0, 0.1) is 11.8 Å². The number of imidazole rings is 1. The van der Waals surface area contributed by atoms with Crippen molar-refractivity contribution < 1.29 is 14.3 Å². The quantitative estimate of drug-likeness (QED) is 0.825. The van der Waals surface area contributed by atoms with Gasteiger partial charge < -0.3 is 19.5 Å². The Kier molecular flexibility index (Phi) is 3.68. The maximum Gasteiger partial charge on any atom is 0.231 e. The number of aromatic nitrogens is 2. The van der Waals surface area contributed by atoms with E-state index in [1.807, 2.05) is 49.1 Å². The largest absolute Gasteiger partial charge is 0.360 e. The topological polar surface area (TPSA) is 76.5 Å². The third-order valence-electron chi connectivity index (χ3n) is 6.28. The average molecular weight is 380 g/mol. The number of amides is 2. The highest BCUT2D eigenvalue weighted by Crippen LogP contribution is 2.52. The maximum atomic E-state index is 13.1. The average Bonchev–Trinajstić information content (AvgIpc) is 3.40. The van der Waals surface area contributed by atoms with E-state index in [9.17, 15) is 9.59 Å². The van der Waals surface area contributed by atoms with E-state index in [1.54, 1.807) is 6.33 Å². The zero-order valence-corrected chi connectivity index (χ0v) is 16.3. The van der Waals surface area contributed by atoms with Gasteiger partial charge in [-0.3, -0.25) is 9.59 Å². The monoisotopic (exact) mass is 380 g/mol. The van der Waals surface area contributed by atoms with Gasteiger partial charge in [0, 0.05) is 18.3 Å². The highest BCUT2D eigenvalue weighted by molar-refractivity contribution is 6.00. The van der Waals surface area contributed by atoms with Crippen LogP contribution in [0.2, 0.25) is 0 Å². The summed E-state index contributed by atoms with van der Waals surface area (Å²) < 4.78 is 8.20. The van der Waals surface area contributed by atoms with Crippen LogP contribution in [0.5, 0.6) is 0 Å². The van der Waals surface area contributed by atoms with Crippen molar-refractivity contribution in [3.05, 3.63) is 36.7 Å². The molecule has 0 unspecified atom stereocenters. The van der Waals surface area contributed by atoms with Crippen LogP contribution in [-0.4, -0.2) is 50.6 Å². The van der Waals surface area contributed by atoms with Gasteiger partial charge in [-0.25, -0.2) is 4.98 Å². The molecule has 28 heavy (non-hydrogen) atoms. The summed E-state index contributed by atoms with van der Waals surface area (Å²) >= 11 is 0. The van der Waals surface area contributed by atoms with Gasteiger partial charge in [0.05, 0.1) is 41.8 Å². The fourth-order valence-electron chi connectivity index (χ4n) is 4.88. The SMILES string of the molecule is CCn1cnc2cc(NC(=O)[C@@H]3[C@H]4C=C[C@@]5(CN(C(C)C)C(=O)[C@@H]35)O4)ccc21. The molecule has 0 radical (unpaired) electrons. The second-order valence-corrected chi connectivity index (χ2v) is 8.18. The first kappa shape index (κ1) is 17.4. The molecule has 1 N–H and O–H groups in total. The van der Waals surface area contributed by atoms with Crippen LogP contribution in [0.1, 0.15) is 20.8 Å². The van der Waals surface area contributed by atoms with Crippen molar-refractivity contribution in [2.75, 3.05) is 11.9 Å². The first-order valence-electron chi connectivity index (χ1n) is 9.87. The number of aryl methyl sites for hydroxylation is 1. The van der Waals surface area contributed by atoms with Crippen LogP contribution in [0.15, 0.2) is 36.7 Å². The number of carbonyl (C=O) groups excluding carboxylic acids is 2. The lowest BCUT2D eigenvalue weighted by atomic mass is 9.77. The van der Waals surface area contributed by atoms with Gasteiger partial charge in [-0.1, -0.05) is 12.2 Å². The molecule has 0 saturated carbocycles. The normalized spacial score (nSPS) is 30.6. The molecule has 7 nitrogen and oxygen atoms in total. The molecule has 0 aliphatic carbocycles. The first-order chi connectivity index (χ1) is 13.4. The van der Waals surface area contributed by atoms with Crippen molar-refractivity contribution in [3.63, 3.8) is 0 Å². The third kappa shape index (κ3) is 2.29. The van der Waals surface area contributed by atoms with Gasteiger partial charge >= 0.3 is 0 Å². The van der Waals surface area contributed by atoms with E-state index < -0.39 is 17.4 Å². The molecule has 1 spiro atoms. The number of ether oxygens (including phenoxy) is 1. The van der Waals surface area contributed by atoms with Crippen LogP contribution in [0.3, 0.4) is 0 Å². The minimum Gasteiger partial charge on any atom is -0.360 e. The molecule has 4 atom stereocenters. The molecule has 2 amide bonds. The molecule has 5 rings (SSSR count). The van der Waals surface area contributed by atoms with E-state index in [0.29, 0.717) is 12.2 Å². The molecule has 2 saturated heterocycles. The summed E-state index contributed by atoms with van der Waals surface area (Å²) in [7, 11) is 0. The van der Waals surface area contributed by atoms with Crippen molar-refractivity contribution in [1.82, 2.24) is 14.5 Å². The Labute approximate surface area is 163 Å². The van der Waals surface area contributed by atoms with Gasteiger partial charge in [0.2, 0.25) is 11.8 Å². The standard InChI is InChI=1S/C21H24N4O3/c1-4-24-11-22-14-9-13(5-6-15(14)24)23-19(26)17-16-7-8-21(28-16)10-25(12(2)3)20(27)18(17)21/h5-9,11-12,16-18H,4,10H2,1-3H3,(H,23,26)/t16-,17-,18-,21+/m1/s1. The van der Waals surface area contributed by atoms with E-state index in [0.717, 1.165) is 17.6 Å². The first-order valence-corrected chi connectivity index (χ1v) is 9.87. The summed E-state index contributed by atoms with van der Waals surface area (Å²) in [6.07, 6.45) is 5.37. The van der Waals surface area contributed by atoms with E-state index >= 15 is 0 Å². The van der Waals surface area contributed by atoms with Crippen molar-refractivity contribution in [2.24, 2.45) is 11.8 Å². The summed E-state index contributed by atoms with van der Waals surface area (Å²) in [6.45, 7) is 7.41. The van der Waals surface area contributed by atoms with Crippen LogP contribution >= 0.6 is 0 Å². The third-order valence-corrected chi connectivity index (χ3v) is 6.28. The molecule has 146 valence electrons. The fraction of sp³-hybridized carbons (Fsp3) is 0.476. The van der Waals surface area contributed by atoms with E-state index in [4.69, 9.17) is 4.74 Å². The lowest BCUT2D eigenvalue weighted by Crippen LogP contribution is -2.42. The Balaban J connectivity index is 1.41. The minimum absolute atomic E-state index is 0.0131. The molecular weight excluding hydrogens is 356 g/mol. The summed E-state index contributed by atoms with van der Waals surface area (Å²) in [6, 6.07) is 5.80. The number of fused-ring (bicyclic) bond motifs is 2. The second-order valence-electron chi connectivity index (χ2n) is 8.18. The lowest BCUT2D eigenvalue weighted by Gasteiger charge is -2.24. The summed E-state index contributed by atoms with van der Waals surface area (Å²) in [5.74, 6) is -1.12. The van der Waals surface area contributed by atoms with E-state index in [-0.39, 0.29) is 24.0 Å². The number of nitrogens with one attached hydrogen (secondary N) is 1. The smallest absolute Gasteiger partial charge is 0.231 e. The number of nitrogens with zero attached hydrogens (tertiary/aromatic N) is 3.